The summed E-state index contributed by atoms with van der Waals surface area (Å²) in [5.41, 5.74) is 1.04. The predicted molar refractivity (Wildman–Crippen MR) is 75.3 cm³/mol. The van der Waals surface area contributed by atoms with Crippen LogP contribution in [0.5, 0.6) is 5.75 Å². The van der Waals surface area contributed by atoms with E-state index in [1.807, 2.05) is 0 Å². The molecule has 0 radical (unpaired) electrons. The molecule has 4 nitrogen and oxygen atoms in total. The topological polar surface area (TPSA) is 69.6 Å². The molecule has 0 spiro atoms. The number of aromatic hydroxyl groups is 1. The fraction of sp³-hybridized carbons (Fsp3) is 0.533. The first-order chi connectivity index (χ1) is 8.87. The van der Waals surface area contributed by atoms with Crippen LogP contribution in [-0.2, 0) is 0 Å². The Morgan fingerprint density at radius 3 is 2.68 bits per heavy atom. The van der Waals surface area contributed by atoms with Crippen molar-refractivity contribution in [1.29, 1.82) is 0 Å². The normalized spacial score (nSPS) is 11.4. The van der Waals surface area contributed by atoms with E-state index < -0.39 is 0 Å². The molecule has 19 heavy (non-hydrogen) atoms. The van der Waals surface area contributed by atoms with Gasteiger partial charge in [0.1, 0.15) is 5.75 Å². The number of rotatable bonds is 6. The van der Waals surface area contributed by atoms with E-state index in [1.165, 1.54) is 0 Å². The number of nitrogens with one attached hydrogen (secondary N) is 1. The molecule has 0 saturated carbocycles. The van der Waals surface area contributed by atoms with Crippen molar-refractivity contribution in [1.82, 2.24) is 5.32 Å². The van der Waals surface area contributed by atoms with Crippen molar-refractivity contribution < 1.29 is 15.0 Å². The Morgan fingerprint density at radius 2 is 2.05 bits per heavy atom. The van der Waals surface area contributed by atoms with Crippen LogP contribution in [0, 0.1) is 12.3 Å². The first-order valence-corrected chi connectivity index (χ1v) is 6.55. The maximum atomic E-state index is 12.1. The molecular formula is C15H23NO3. The van der Waals surface area contributed by atoms with Gasteiger partial charge in [-0.25, -0.2) is 0 Å². The fourth-order valence-corrected chi connectivity index (χ4v) is 1.93. The average Bonchev–Trinajstić information content (AvgIpc) is 2.37. The lowest BCUT2D eigenvalue weighted by Crippen LogP contribution is -2.34. The quantitative estimate of drug-likeness (QED) is 0.738. The van der Waals surface area contributed by atoms with Gasteiger partial charge in [0, 0.05) is 24.3 Å². The van der Waals surface area contributed by atoms with Crippen molar-refractivity contribution in [3.8, 4) is 5.75 Å². The zero-order valence-corrected chi connectivity index (χ0v) is 11.9. The van der Waals surface area contributed by atoms with Gasteiger partial charge in [0.15, 0.2) is 0 Å². The summed E-state index contributed by atoms with van der Waals surface area (Å²) in [5.74, 6) is -0.0438. The van der Waals surface area contributed by atoms with Gasteiger partial charge in [-0.1, -0.05) is 19.9 Å². The molecule has 0 heterocycles. The van der Waals surface area contributed by atoms with Gasteiger partial charge in [0.2, 0.25) is 0 Å². The summed E-state index contributed by atoms with van der Waals surface area (Å²) >= 11 is 0. The molecule has 0 aliphatic rings. The average molecular weight is 265 g/mol. The highest BCUT2D eigenvalue weighted by molar-refractivity contribution is 5.96. The smallest absolute Gasteiger partial charge is 0.251 e. The summed E-state index contributed by atoms with van der Waals surface area (Å²) in [6.45, 7) is 6.54. The van der Waals surface area contributed by atoms with Crippen LogP contribution in [0.25, 0.3) is 0 Å². The van der Waals surface area contributed by atoms with Crippen LogP contribution in [0.2, 0.25) is 0 Å². The number of hydrogen-bond acceptors (Lipinski definition) is 3. The van der Waals surface area contributed by atoms with E-state index in [4.69, 9.17) is 5.11 Å². The summed E-state index contributed by atoms with van der Waals surface area (Å²) in [5, 5.41) is 21.3. The fourth-order valence-electron chi connectivity index (χ4n) is 1.93. The second kappa shape index (κ2) is 6.57. The molecule has 0 fully saturated rings. The van der Waals surface area contributed by atoms with Crippen molar-refractivity contribution >= 4 is 5.91 Å². The van der Waals surface area contributed by atoms with Gasteiger partial charge in [0.25, 0.3) is 5.91 Å². The van der Waals surface area contributed by atoms with Crippen LogP contribution in [0.4, 0.5) is 0 Å². The number of phenols is 1. The Labute approximate surface area is 114 Å². The summed E-state index contributed by atoms with van der Waals surface area (Å²) in [6, 6.07) is 4.93. The highest BCUT2D eigenvalue weighted by atomic mass is 16.3. The third kappa shape index (κ3) is 4.56. The number of aliphatic hydroxyl groups excluding tert-OH is 1. The first-order valence-electron chi connectivity index (χ1n) is 6.55. The molecule has 0 aliphatic heterocycles. The number of carbonyl (C=O) groups excluding carboxylic acids is 1. The molecule has 0 bridgehead atoms. The minimum atomic E-state index is -0.175. The van der Waals surface area contributed by atoms with Gasteiger partial charge >= 0.3 is 0 Å². The SMILES string of the molecule is Cc1c(O)cccc1C(=O)NCC(C)(C)CCCO. The van der Waals surface area contributed by atoms with E-state index >= 15 is 0 Å². The van der Waals surface area contributed by atoms with E-state index in [-0.39, 0.29) is 23.7 Å². The summed E-state index contributed by atoms with van der Waals surface area (Å²) in [7, 11) is 0. The third-order valence-electron chi connectivity index (χ3n) is 3.29. The van der Waals surface area contributed by atoms with Gasteiger partial charge in [-0.3, -0.25) is 4.79 Å². The Morgan fingerprint density at radius 1 is 1.37 bits per heavy atom. The van der Waals surface area contributed by atoms with Crippen molar-refractivity contribution in [2.75, 3.05) is 13.2 Å². The lowest BCUT2D eigenvalue weighted by molar-refractivity contribution is 0.0932. The molecule has 4 heteroatoms. The largest absolute Gasteiger partial charge is 0.508 e. The third-order valence-corrected chi connectivity index (χ3v) is 3.29. The standard InChI is InChI=1S/C15H23NO3/c1-11-12(6-4-7-13(11)18)14(19)16-10-15(2,3)8-5-9-17/h4,6-7,17-18H,5,8-10H2,1-3H3,(H,16,19). The molecule has 0 atom stereocenters. The number of aliphatic hydroxyl groups is 1. The van der Waals surface area contributed by atoms with E-state index in [2.05, 4.69) is 19.2 Å². The second-order valence-corrected chi connectivity index (χ2v) is 5.62. The Bertz CT molecular complexity index is 441. The van der Waals surface area contributed by atoms with Gasteiger partial charge in [-0.2, -0.15) is 0 Å². The van der Waals surface area contributed by atoms with Crippen LogP contribution < -0.4 is 5.32 Å². The maximum absolute atomic E-state index is 12.1. The zero-order chi connectivity index (χ0) is 14.5. The number of phenolic OH excluding ortho intramolecular Hbond substituents is 1. The van der Waals surface area contributed by atoms with E-state index in [1.54, 1.807) is 25.1 Å². The number of amides is 1. The minimum Gasteiger partial charge on any atom is -0.508 e. The molecule has 0 aliphatic carbocycles. The van der Waals surface area contributed by atoms with E-state index in [0.29, 0.717) is 17.7 Å². The Hall–Kier alpha value is -1.55. The molecule has 1 aromatic carbocycles. The summed E-state index contributed by atoms with van der Waals surface area (Å²) in [6.07, 6.45) is 1.58. The van der Waals surface area contributed by atoms with Crippen LogP contribution in [-0.4, -0.2) is 29.3 Å². The molecule has 1 aromatic rings. The van der Waals surface area contributed by atoms with Crippen molar-refractivity contribution in [3.63, 3.8) is 0 Å². The van der Waals surface area contributed by atoms with Gasteiger partial charge in [-0.05, 0) is 37.3 Å². The monoisotopic (exact) mass is 265 g/mol. The minimum absolute atomic E-state index is 0.0525. The molecule has 0 saturated heterocycles. The molecule has 1 amide bonds. The van der Waals surface area contributed by atoms with Crippen LogP contribution in [0.1, 0.15) is 42.6 Å². The maximum Gasteiger partial charge on any atom is 0.251 e. The highest BCUT2D eigenvalue weighted by Crippen LogP contribution is 2.22. The first kappa shape index (κ1) is 15.5. The summed E-state index contributed by atoms with van der Waals surface area (Å²) in [4.78, 5) is 12.1. The van der Waals surface area contributed by atoms with E-state index in [9.17, 15) is 9.90 Å². The van der Waals surface area contributed by atoms with Crippen LogP contribution in [0.15, 0.2) is 18.2 Å². The molecule has 3 N–H and O–H groups in total. The van der Waals surface area contributed by atoms with Crippen molar-refractivity contribution in [2.45, 2.75) is 33.6 Å². The molecule has 0 unspecified atom stereocenters. The molecule has 106 valence electrons. The second-order valence-electron chi connectivity index (χ2n) is 5.62. The number of hydrogen-bond donors (Lipinski definition) is 3. The highest BCUT2D eigenvalue weighted by Gasteiger charge is 2.19. The zero-order valence-electron chi connectivity index (χ0n) is 11.9. The molecule has 1 rings (SSSR count). The lowest BCUT2D eigenvalue weighted by Gasteiger charge is -2.24. The predicted octanol–water partition coefficient (Wildman–Crippen LogP) is 2.23. The van der Waals surface area contributed by atoms with Crippen molar-refractivity contribution in [3.05, 3.63) is 29.3 Å². The van der Waals surface area contributed by atoms with Crippen molar-refractivity contribution in [2.24, 2.45) is 5.41 Å². The molecule has 0 aromatic heterocycles. The van der Waals surface area contributed by atoms with Gasteiger partial charge in [0.05, 0.1) is 0 Å². The number of benzene rings is 1. The van der Waals surface area contributed by atoms with Gasteiger partial charge < -0.3 is 15.5 Å². The van der Waals surface area contributed by atoms with Crippen LogP contribution in [0.3, 0.4) is 0 Å². The Kier molecular flexibility index (Phi) is 5.36. The van der Waals surface area contributed by atoms with Gasteiger partial charge in [-0.15, -0.1) is 0 Å². The lowest BCUT2D eigenvalue weighted by atomic mass is 9.88. The molecular weight excluding hydrogens is 242 g/mol. The van der Waals surface area contributed by atoms with Crippen LogP contribution >= 0.6 is 0 Å². The Balaban J connectivity index is 2.63. The number of carbonyl (C=O) groups is 1. The van der Waals surface area contributed by atoms with E-state index in [0.717, 1.165) is 12.8 Å². The summed E-state index contributed by atoms with van der Waals surface area (Å²) < 4.78 is 0.